The number of hydrogen-bond donors (Lipinski definition) is 2. The van der Waals surface area contributed by atoms with Crippen molar-refractivity contribution in [3.8, 4) is 0 Å². The number of hydrogen-bond acceptors (Lipinski definition) is 4. The molecule has 1 aromatic rings. The van der Waals surface area contributed by atoms with Gasteiger partial charge in [0.05, 0.1) is 0 Å². The van der Waals surface area contributed by atoms with Crippen LogP contribution in [-0.4, -0.2) is 27.3 Å². The van der Waals surface area contributed by atoms with Crippen LogP contribution in [0.15, 0.2) is 12.1 Å². The van der Waals surface area contributed by atoms with Crippen molar-refractivity contribution in [2.75, 3.05) is 5.32 Å². The van der Waals surface area contributed by atoms with Crippen LogP contribution in [0.25, 0.3) is 0 Å². The van der Waals surface area contributed by atoms with E-state index in [0.717, 1.165) is 0 Å². The predicted octanol–water partition coefficient (Wildman–Crippen LogP) is 0.995. The summed E-state index contributed by atoms with van der Waals surface area (Å²) in [5.74, 6) is -0.483. The molecule has 0 unspecified atom stereocenters. The highest BCUT2D eigenvalue weighted by atomic mass is 16.4. The highest BCUT2D eigenvalue weighted by Crippen LogP contribution is 2.03. The molecule has 70 valence electrons. The molecule has 0 aromatic carbocycles. The summed E-state index contributed by atoms with van der Waals surface area (Å²) in [7, 11) is 0. The Morgan fingerprint density at radius 3 is 2.54 bits per heavy atom. The molecule has 5 nitrogen and oxygen atoms in total. The Morgan fingerprint density at radius 2 is 2.15 bits per heavy atom. The lowest BCUT2D eigenvalue weighted by molar-refractivity contribution is 0.0689. The van der Waals surface area contributed by atoms with Crippen LogP contribution in [-0.2, 0) is 0 Å². The van der Waals surface area contributed by atoms with E-state index >= 15 is 0 Å². The van der Waals surface area contributed by atoms with Crippen LogP contribution < -0.4 is 5.32 Å². The molecule has 0 aliphatic carbocycles. The van der Waals surface area contributed by atoms with Crippen molar-refractivity contribution in [2.45, 2.75) is 19.9 Å². The minimum absolute atomic E-state index is 0.0469. The molecule has 0 radical (unpaired) electrons. The Bertz CT molecular complexity index is 295. The second-order valence-electron chi connectivity index (χ2n) is 2.91. The first-order valence-corrected chi connectivity index (χ1v) is 3.93. The van der Waals surface area contributed by atoms with Crippen molar-refractivity contribution in [2.24, 2.45) is 0 Å². The summed E-state index contributed by atoms with van der Waals surface area (Å²) in [6.45, 7) is 3.93. The summed E-state index contributed by atoms with van der Waals surface area (Å²) in [6.07, 6.45) is 0. The Morgan fingerprint density at radius 1 is 1.46 bits per heavy atom. The van der Waals surface area contributed by atoms with Crippen molar-refractivity contribution < 1.29 is 9.90 Å². The molecule has 5 heteroatoms. The topological polar surface area (TPSA) is 75.1 Å². The van der Waals surface area contributed by atoms with E-state index < -0.39 is 5.97 Å². The zero-order valence-electron chi connectivity index (χ0n) is 7.48. The number of rotatable bonds is 3. The summed E-state index contributed by atoms with van der Waals surface area (Å²) < 4.78 is 0. The fraction of sp³-hybridized carbons (Fsp3) is 0.375. The standard InChI is InChI=1S/C8H11N3O2/c1-5(2)9-7-4-3-6(8(12)13)10-11-7/h3-5H,1-2H3,(H,9,11)(H,12,13). The molecule has 1 aromatic heterocycles. The maximum Gasteiger partial charge on any atom is 0.356 e. The van der Waals surface area contributed by atoms with E-state index in [1.165, 1.54) is 6.07 Å². The first-order chi connectivity index (χ1) is 6.09. The molecular formula is C8H11N3O2. The van der Waals surface area contributed by atoms with Crippen LogP contribution in [0.4, 0.5) is 5.82 Å². The van der Waals surface area contributed by atoms with Gasteiger partial charge in [0.15, 0.2) is 5.69 Å². The third kappa shape index (κ3) is 2.70. The lowest BCUT2D eigenvalue weighted by Crippen LogP contribution is -2.12. The van der Waals surface area contributed by atoms with Gasteiger partial charge >= 0.3 is 5.97 Å². The van der Waals surface area contributed by atoms with Gasteiger partial charge in [-0.1, -0.05) is 0 Å². The monoisotopic (exact) mass is 181 g/mol. The highest BCUT2D eigenvalue weighted by molar-refractivity contribution is 5.85. The summed E-state index contributed by atoms with van der Waals surface area (Å²) >= 11 is 0. The number of aromatic nitrogens is 2. The Kier molecular flexibility index (Phi) is 2.79. The second kappa shape index (κ2) is 3.84. The van der Waals surface area contributed by atoms with Gasteiger partial charge in [-0.25, -0.2) is 4.79 Å². The second-order valence-corrected chi connectivity index (χ2v) is 2.91. The van der Waals surface area contributed by atoms with Gasteiger partial charge in [0, 0.05) is 6.04 Å². The van der Waals surface area contributed by atoms with E-state index in [1.54, 1.807) is 6.07 Å². The average Bonchev–Trinajstić information content (AvgIpc) is 2.04. The molecule has 0 aliphatic rings. The van der Waals surface area contributed by atoms with Crippen molar-refractivity contribution in [3.05, 3.63) is 17.8 Å². The van der Waals surface area contributed by atoms with Gasteiger partial charge in [-0.3, -0.25) is 0 Å². The van der Waals surface area contributed by atoms with E-state index in [-0.39, 0.29) is 11.7 Å². The summed E-state index contributed by atoms with van der Waals surface area (Å²) in [6, 6.07) is 3.27. The fourth-order valence-electron chi connectivity index (χ4n) is 0.819. The third-order valence-corrected chi connectivity index (χ3v) is 1.32. The molecule has 0 aliphatic heterocycles. The zero-order valence-corrected chi connectivity index (χ0v) is 7.48. The van der Waals surface area contributed by atoms with Gasteiger partial charge in [-0.15, -0.1) is 10.2 Å². The number of carbonyl (C=O) groups is 1. The first kappa shape index (κ1) is 9.44. The lowest BCUT2D eigenvalue weighted by Gasteiger charge is -2.07. The smallest absolute Gasteiger partial charge is 0.356 e. The number of carboxylic acids is 1. The van der Waals surface area contributed by atoms with Crippen LogP contribution in [0.3, 0.4) is 0 Å². The van der Waals surface area contributed by atoms with Gasteiger partial charge in [-0.05, 0) is 26.0 Å². The van der Waals surface area contributed by atoms with Gasteiger partial charge in [0.2, 0.25) is 0 Å². The molecule has 13 heavy (non-hydrogen) atoms. The van der Waals surface area contributed by atoms with E-state index in [2.05, 4.69) is 15.5 Å². The van der Waals surface area contributed by atoms with E-state index in [0.29, 0.717) is 5.82 Å². The Balaban J connectivity index is 2.75. The summed E-state index contributed by atoms with van der Waals surface area (Å²) in [5.41, 5.74) is -0.0469. The van der Waals surface area contributed by atoms with Gasteiger partial charge in [0.25, 0.3) is 0 Å². The molecule has 0 amide bonds. The number of aromatic carboxylic acids is 1. The Hall–Kier alpha value is -1.65. The maximum atomic E-state index is 10.4. The van der Waals surface area contributed by atoms with Gasteiger partial charge < -0.3 is 10.4 Å². The number of nitrogens with one attached hydrogen (secondary N) is 1. The SMILES string of the molecule is CC(C)Nc1ccc(C(=O)O)nn1. The first-order valence-electron chi connectivity index (χ1n) is 3.93. The normalized spacial score (nSPS) is 10.1. The van der Waals surface area contributed by atoms with Crippen LogP contribution in [0.1, 0.15) is 24.3 Å². The molecule has 0 saturated heterocycles. The predicted molar refractivity (Wildman–Crippen MR) is 47.8 cm³/mol. The molecule has 1 rings (SSSR count). The van der Waals surface area contributed by atoms with Crippen molar-refractivity contribution >= 4 is 11.8 Å². The Labute approximate surface area is 75.8 Å². The molecule has 2 N–H and O–H groups in total. The lowest BCUT2D eigenvalue weighted by atomic mass is 10.3. The highest BCUT2D eigenvalue weighted by Gasteiger charge is 2.04. The number of anilines is 1. The van der Waals surface area contributed by atoms with Crippen LogP contribution in [0, 0.1) is 0 Å². The number of nitrogens with zero attached hydrogens (tertiary/aromatic N) is 2. The number of carboxylic acid groups (broad SMARTS) is 1. The van der Waals surface area contributed by atoms with E-state index in [1.807, 2.05) is 13.8 Å². The zero-order chi connectivity index (χ0) is 9.84. The molecule has 0 bridgehead atoms. The molecule has 0 spiro atoms. The van der Waals surface area contributed by atoms with Crippen LogP contribution in [0.2, 0.25) is 0 Å². The van der Waals surface area contributed by atoms with Crippen molar-refractivity contribution in [3.63, 3.8) is 0 Å². The molecule has 1 heterocycles. The van der Waals surface area contributed by atoms with E-state index in [4.69, 9.17) is 5.11 Å². The minimum atomic E-state index is -1.07. The molecule has 0 fully saturated rings. The third-order valence-electron chi connectivity index (χ3n) is 1.32. The summed E-state index contributed by atoms with van der Waals surface area (Å²) in [4.78, 5) is 10.4. The van der Waals surface area contributed by atoms with Crippen LogP contribution >= 0.6 is 0 Å². The van der Waals surface area contributed by atoms with Gasteiger partial charge in [-0.2, -0.15) is 0 Å². The molecule has 0 saturated carbocycles. The summed E-state index contributed by atoms with van der Waals surface area (Å²) in [5, 5.41) is 18.8. The quantitative estimate of drug-likeness (QED) is 0.727. The van der Waals surface area contributed by atoms with Crippen molar-refractivity contribution in [1.29, 1.82) is 0 Å². The van der Waals surface area contributed by atoms with Crippen molar-refractivity contribution in [1.82, 2.24) is 10.2 Å². The average molecular weight is 181 g/mol. The minimum Gasteiger partial charge on any atom is -0.476 e. The molecule has 0 atom stereocenters. The largest absolute Gasteiger partial charge is 0.476 e. The van der Waals surface area contributed by atoms with Crippen LogP contribution in [0.5, 0.6) is 0 Å². The fourth-order valence-corrected chi connectivity index (χ4v) is 0.819. The molecular weight excluding hydrogens is 170 g/mol. The van der Waals surface area contributed by atoms with E-state index in [9.17, 15) is 4.79 Å². The maximum absolute atomic E-state index is 10.4. The van der Waals surface area contributed by atoms with Gasteiger partial charge in [0.1, 0.15) is 5.82 Å².